The number of aromatic nitrogens is 2. The molecule has 1 unspecified atom stereocenters. The van der Waals surface area contributed by atoms with Crippen LogP contribution in [0, 0.1) is 17.0 Å². The van der Waals surface area contributed by atoms with Crippen molar-refractivity contribution in [3.05, 3.63) is 46.1 Å². The zero-order valence-corrected chi connectivity index (χ0v) is 15.2. The number of carbonyl (C=O) groups excluding carboxylic acids is 1. The molecule has 2 aromatic rings. The number of amides is 1. The average Bonchev–Trinajstić information content (AvgIpc) is 2.67. The van der Waals surface area contributed by atoms with Gasteiger partial charge >= 0.3 is 6.09 Å². The molecule has 1 aliphatic rings. The van der Waals surface area contributed by atoms with Gasteiger partial charge in [0.05, 0.1) is 12.0 Å². The zero-order valence-electron chi connectivity index (χ0n) is 15.2. The van der Waals surface area contributed by atoms with Crippen LogP contribution in [0.15, 0.2) is 30.3 Å². The Kier molecular flexibility index (Phi) is 5.49. The number of non-ortho nitro benzene ring substituents is 1. The van der Waals surface area contributed by atoms with E-state index < -0.39 is 4.92 Å². The molecule has 1 atom stereocenters. The Hall–Kier alpha value is -3.23. The van der Waals surface area contributed by atoms with E-state index in [1.165, 1.54) is 19.2 Å². The van der Waals surface area contributed by atoms with E-state index >= 15 is 0 Å². The molecule has 3 rings (SSSR count). The maximum atomic E-state index is 11.7. The summed E-state index contributed by atoms with van der Waals surface area (Å²) in [6.45, 7) is 3.05. The molecule has 9 nitrogen and oxygen atoms in total. The van der Waals surface area contributed by atoms with Gasteiger partial charge in [0.1, 0.15) is 5.82 Å². The van der Waals surface area contributed by atoms with Gasteiger partial charge in [0.25, 0.3) is 5.69 Å². The molecule has 0 spiro atoms. The third-order valence-corrected chi connectivity index (χ3v) is 4.38. The molecule has 0 bridgehead atoms. The van der Waals surface area contributed by atoms with Crippen LogP contribution in [0.25, 0.3) is 11.4 Å². The predicted molar refractivity (Wildman–Crippen MR) is 99.5 cm³/mol. The number of hydrogen-bond donors (Lipinski definition) is 1. The summed E-state index contributed by atoms with van der Waals surface area (Å²) in [4.78, 5) is 32.9. The van der Waals surface area contributed by atoms with Crippen molar-refractivity contribution in [3.8, 4) is 11.4 Å². The third kappa shape index (κ3) is 4.49. The van der Waals surface area contributed by atoms with Crippen molar-refractivity contribution >= 4 is 17.6 Å². The Morgan fingerprint density at radius 2 is 2.19 bits per heavy atom. The van der Waals surface area contributed by atoms with Crippen molar-refractivity contribution < 1.29 is 14.5 Å². The normalized spacial score (nSPS) is 16.7. The summed E-state index contributed by atoms with van der Waals surface area (Å²) >= 11 is 0. The van der Waals surface area contributed by atoms with Crippen LogP contribution in [-0.2, 0) is 4.74 Å². The van der Waals surface area contributed by atoms with Gasteiger partial charge in [0.15, 0.2) is 5.82 Å². The van der Waals surface area contributed by atoms with Crippen LogP contribution >= 0.6 is 0 Å². The van der Waals surface area contributed by atoms with Gasteiger partial charge in [-0.2, -0.15) is 0 Å². The molecule has 1 N–H and O–H groups in total. The largest absolute Gasteiger partial charge is 0.453 e. The molecule has 1 fully saturated rings. The van der Waals surface area contributed by atoms with Gasteiger partial charge in [0, 0.05) is 48.6 Å². The van der Waals surface area contributed by atoms with Crippen molar-refractivity contribution in [1.82, 2.24) is 14.9 Å². The summed E-state index contributed by atoms with van der Waals surface area (Å²) in [5, 5.41) is 14.3. The van der Waals surface area contributed by atoms with Crippen LogP contribution in [0.4, 0.5) is 16.3 Å². The number of benzene rings is 1. The number of anilines is 1. The zero-order chi connectivity index (χ0) is 19.4. The molecule has 142 valence electrons. The lowest BCUT2D eigenvalue weighted by atomic mass is 10.1. The monoisotopic (exact) mass is 371 g/mol. The molecule has 9 heteroatoms. The molecule has 1 aromatic heterocycles. The molecule has 0 aliphatic carbocycles. The number of ether oxygens (including phenoxy) is 1. The minimum atomic E-state index is -0.443. The van der Waals surface area contributed by atoms with Crippen molar-refractivity contribution in [2.75, 3.05) is 25.5 Å². The minimum Gasteiger partial charge on any atom is -0.453 e. The van der Waals surface area contributed by atoms with Gasteiger partial charge in [-0.25, -0.2) is 14.8 Å². The van der Waals surface area contributed by atoms with Crippen molar-refractivity contribution in [2.24, 2.45) is 0 Å². The second kappa shape index (κ2) is 7.98. The standard InChI is InChI=1S/C18H21N5O4/c1-12-9-16(20-14-6-4-8-22(11-14)18(24)27-2)21-17(19-12)13-5-3-7-15(10-13)23(25)26/h3,5,7,9-10,14H,4,6,8,11H2,1-2H3,(H,19,20,21). The van der Waals surface area contributed by atoms with Gasteiger partial charge < -0.3 is 15.0 Å². The number of likely N-dealkylation sites (tertiary alicyclic amines) is 1. The summed E-state index contributed by atoms with van der Waals surface area (Å²) in [6, 6.07) is 8.11. The molecule has 1 saturated heterocycles. The molecule has 27 heavy (non-hydrogen) atoms. The van der Waals surface area contributed by atoms with E-state index in [2.05, 4.69) is 15.3 Å². The Balaban J connectivity index is 1.80. The number of nitro benzene ring substituents is 1. The summed E-state index contributed by atoms with van der Waals surface area (Å²) in [7, 11) is 1.37. The molecular weight excluding hydrogens is 350 g/mol. The molecule has 1 amide bonds. The van der Waals surface area contributed by atoms with Gasteiger partial charge in [-0.05, 0) is 19.8 Å². The van der Waals surface area contributed by atoms with E-state index in [4.69, 9.17) is 4.74 Å². The lowest BCUT2D eigenvalue weighted by molar-refractivity contribution is -0.384. The van der Waals surface area contributed by atoms with Crippen molar-refractivity contribution in [1.29, 1.82) is 0 Å². The minimum absolute atomic E-state index is 0.00637. The quantitative estimate of drug-likeness (QED) is 0.649. The first-order valence-corrected chi connectivity index (χ1v) is 8.66. The Bertz CT molecular complexity index is 857. The number of nitrogens with one attached hydrogen (secondary N) is 1. The topological polar surface area (TPSA) is 110 Å². The second-order valence-corrected chi connectivity index (χ2v) is 6.43. The fourth-order valence-corrected chi connectivity index (χ4v) is 3.13. The van der Waals surface area contributed by atoms with Gasteiger partial charge in [-0.1, -0.05) is 12.1 Å². The number of carbonyl (C=O) groups is 1. The SMILES string of the molecule is COC(=O)N1CCCC(Nc2cc(C)nc(-c3cccc([N+](=O)[O-])c3)n2)C1. The summed E-state index contributed by atoms with van der Waals surface area (Å²) in [5.41, 5.74) is 1.32. The third-order valence-electron chi connectivity index (χ3n) is 4.38. The van der Waals surface area contributed by atoms with E-state index in [0.29, 0.717) is 30.3 Å². The lowest BCUT2D eigenvalue weighted by Gasteiger charge is -2.32. The molecule has 0 radical (unpaired) electrons. The van der Waals surface area contributed by atoms with Crippen LogP contribution in [0.1, 0.15) is 18.5 Å². The highest BCUT2D eigenvalue weighted by molar-refractivity contribution is 5.67. The number of methoxy groups -OCH3 is 1. The number of piperidine rings is 1. The maximum Gasteiger partial charge on any atom is 0.409 e. The number of nitro groups is 1. The summed E-state index contributed by atoms with van der Waals surface area (Å²) < 4.78 is 4.79. The van der Waals surface area contributed by atoms with E-state index in [1.54, 1.807) is 17.0 Å². The first-order valence-electron chi connectivity index (χ1n) is 8.66. The highest BCUT2D eigenvalue weighted by Gasteiger charge is 2.24. The first kappa shape index (κ1) is 18.6. The fourth-order valence-electron chi connectivity index (χ4n) is 3.13. The molecular formula is C18H21N5O4. The van der Waals surface area contributed by atoms with E-state index in [-0.39, 0.29) is 17.8 Å². The highest BCUT2D eigenvalue weighted by Crippen LogP contribution is 2.23. The number of nitrogens with zero attached hydrogens (tertiary/aromatic N) is 4. The average molecular weight is 371 g/mol. The van der Waals surface area contributed by atoms with Gasteiger partial charge in [-0.15, -0.1) is 0 Å². The second-order valence-electron chi connectivity index (χ2n) is 6.43. The highest BCUT2D eigenvalue weighted by atomic mass is 16.6. The van der Waals surface area contributed by atoms with E-state index in [0.717, 1.165) is 18.5 Å². The van der Waals surface area contributed by atoms with E-state index in [1.807, 2.05) is 13.0 Å². The molecule has 2 heterocycles. The predicted octanol–water partition coefficient (Wildman–Crippen LogP) is 3.00. The molecule has 0 saturated carbocycles. The van der Waals surface area contributed by atoms with Gasteiger partial charge in [0.2, 0.25) is 0 Å². The Labute approximate surface area is 156 Å². The first-order chi connectivity index (χ1) is 13.0. The Morgan fingerprint density at radius 3 is 2.93 bits per heavy atom. The lowest BCUT2D eigenvalue weighted by Crippen LogP contribution is -2.45. The number of rotatable bonds is 4. The summed E-state index contributed by atoms with van der Waals surface area (Å²) in [6.07, 6.45) is 1.44. The fraction of sp³-hybridized carbons (Fsp3) is 0.389. The number of hydrogen-bond acceptors (Lipinski definition) is 7. The van der Waals surface area contributed by atoms with Crippen LogP contribution in [0.5, 0.6) is 0 Å². The Morgan fingerprint density at radius 1 is 1.37 bits per heavy atom. The molecule has 1 aliphatic heterocycles. The van der Waals surface area contributed by atoms with Crippen molar-refractivity contribution in [3.63, 3.8) is 0 Å². The van der Waals surface area contributed by atoms with Crippen LogP contribution in [0.2, 0.25) is 0 Å². The smallest absolute Gasteiger partial charge is 0.409 e. The maximum absolute atomic E-state index is 11.7. The van der Waals surface area contributed by atoms with Crippen LogP contribution < -0.4 is 5.32 Å². The van der Waals surface area contributed by atoms with Gasteiger partial charge in [-0.3, -0.25) is 10.1 Å². The van der Waals surface area contributed by atoms with Crippen LogP contribution in [-0.4, -0.2) is 52.1 Å². The summed E-state index contributed by atoms with van der Waals surface area (Å²) in [5.74, 6) is 1.04. The molecule has 1 aromatic carbocycles. The van der Waals surface area contributed by atoms with Crippen LogP contribution in [0.3, 0.4) is 0 Å². The van der Waals surface area contributed by atoms with E-state index in [9.17, 15) is 14.9 Å². The number of aryl methyl sites for hydroxylation is 1. The van der Waals surface area contributed by atoms with Crippen molar-refractivity contribution in [2.45, 2.75) is 25.8 Å².